The molecule has 18 heavy (non-hydrogen) atoms. The van der Waals surface area contributed by atoms with Crippen molar-refractivity contribution in [3.8, 4) is 0 Å². The van der Waals surface area contributed by atoms with Crippen LogP contribution in [0.5, 0.6) is 0 Å². The Balaban J connectivity index is 2.49. The van der Waals surface area contributed by atoms with Crippen molar-refractivity contribution in [3.63, 3.8) is 0 Å². The maximum atomic E-state index is 13.3. The van der Waals surface area contributed by atoms with Crippen molar-refractivity contribution in [2.75, 3.05) is 20.1 Å². The molecule has 1 aromatic rings. The predicted molar refractivity (Wildman–Crippen MR) is 64.4 cm³/mol. The number of hydrogen-bond donors (Lipinski definition) is 1. The van der Waals surface area contributed by atoms with Gasteiger partial charge in [-0.2, -0.15) is 0 Å². The zero-order chi connectivity index (χ0) is 13.7. The summed E-state index contributed by atoms with van der Waals surface area (Å²) < 4.78 is 26.3. The average molecular weight is 257 g/mol. The largest absolute Gasteiger partial charge is 0.481 e. The van der Waals surface area contributed by atoms with Gasteiger partial charge in [-0.3, -0.25) is 4.79 Å². The molecule has 0 radical (unpaired) electrons. The Kier molecular flexibility index (Phi) is 5.22. The van der Waals surface area contributed by atoms with Gasteiger partial charge in [-0.15, -0.1) is 0 Å². The second-order valence-electron chi connectivity index (χ2n) is 4.49. The first-order valence-corrected chi connectivity index (χ1v) is 5.75. The van der Waals surface area contributed by atoms with E-state index in [0.29, 0.717) is 25.1 Å². The lowest BCUT2D eigenvalue weighted by Crippen LogP contribution is -2.30. The van der Waals surface area contributed by atoms with Crippen LogP contribution in [0.1, 0.15) is 12.5 Å². The Hall–Kier alpha value is -1.49. The number of carbonyl (C=O) groups is 1. The van der Waals surface area contributed by atoms with Crippen molar-refractivity contribution in [2.24, 2.45) is 5.92 Å². The highest BCUT2D eigenvalue weighted by atomic mass is 19.1. The second kappa shape index (κ2) is 6.44. The van der Waals surface area contributed by atoms with Crippen LogP contribution in [-0.2, 0) is 11.2 Å². The molecule has 5 heteroatoms. The Labute approximate surface area is 105 Å². The molecule has 0 amide bonds. The fourth-order valence-electron chi connectivity index (χ4n) is 1.68. The smallest absolute Gasteiger partial charge is 0.307 e. The van der Waals surface area contributed by atoms with Crippen molar-refractivity contribution in [1.29, 1.82) is 0 Å². The van der Waals surface area contributed by atoms with Gasteiger partial charge < -0.3 is 10.0 Å². The molecule has 0 saturated heterocycles. The van der Waals surface area contributed by atoms with E-state index in [-0.39, 0.29) is 0 Å². The van der Waals surface area contributed by atoms with E-state index in [9.17, 15) is 13.6 Å². The van der Waals surface area contributed by atoms with Gasteiger partial charge in [-0.1, -0.05) is 6.92 Å². The average Bonchev–Trinajstić information content (AvgIpc) is 2.30. The van der Waals surface area contributed by atoms with Crippen LogP contribution in [0.15, 0.2) is 18.2 Å². The molecule has 1 atom stereocenters. The van der Waals surface area contributed by atoms with Crippen LogP contribution in [0.2, 0.25) is 0 Å². The number of nitrogens with zero attached hydrogens (tertiary/aromatic N) is 1. The van der Waals surface area contributed by atoms with Crippen LogP contribution in [-0.4, -0.2) is 36.1 Å². The zero-order valence-electron chi connectivity index (χ0n) is 10.5. The third kappa shape index (κ3) is 4.41. The van der Waals surface area contributed by atoms with Crippen LogP contribution in [0.25, 0.3) is 0 Å². The lowest BCUT2D eigenvalue weighted by molar-refractivity contribution is -0.141. The zero-order valence-corrected chi connectivity index (χ0v) is 10.5. The number of hydrogen-bond acceptors (Lipinski definition) is 2. The fourth-order valence-corrected chi connectivity index (χ4v) is 1.68. The summed E-state index contributed by atoms with van der Waals surface area (Å²) in [5, 5.41) is 8.76. The number of aliphatic carboxylic acids is 1. The van der Waals surface area contributed by atoms with Gasteiger partial charge in [0.05, 0.1) is 5.92 Å². The molecule has 0 heterocycles. The molecular weight excluding hydrogens is 240 g/mol. The molecule has 0 saturated carbocycles. The molecular formula is C13H17F2NO2. The molecule has 3 nitrogen and oxygen atoms in total. The summed E-state index contributed by atoms with van der Waals surface area (Å²) in [6.45, 7) is 2.48. The number of rotatable bonds is 6. The highest BCUT2D eigenvalue weighted by Crippen LogP contribution is 2.11. The number of benzene rings is 1. The molecule has 100 valence electrons. The molecule has 0 aliphatic carbocycles. The van der Waals surface area contributed by atoms with Crippen LogP contribution in [0, 0.1) is 17.6 Å². The van der Waals surface area contributed by atoms with Crippen molar-refractivity contribution in [3.05, 3.63) is 35.4 Å². The molecule has 0 spiro atoms. The Morgan fingerprint density at radius 2 is 2.11 bits per heavy atom. The summed E-state index contributed by atoms with van der Waals surface area (Å²) in [6, 6.07) is 3.35. The number of likely N-dealkylation sites (N-methyl/N-ethyl adjacent to an activating group) is 1. The maximum absolute atomic E-state index is 13.3. The van der Waals surface area contributed by atoms with E-state index in [2.05, 4.69) is 0 Å². The minimum absolute atomic E-state index is 0.310. The SMILES string of the molecule is CC(CN(C)CCc1cc(F)ccc1F)C(=O)O. The van der Waals surface area contributed by atoms with Gasteiger partial charge in [-0.25, -0.2) is 8.78 Å². The molecule has 0 bridgehead atoms. The van der Waals surface area contributed by atoms with E-state index >= 15 is 0 Å². The van der Waals surface area contributed by atoms with Crippen molar-refractivity contribution in [1.82, 2.24) is 4.90 Å². The molecule has 0 fully saturated rings. The minimum Gasteiger partial charge on any atom is -0.481 e. The highest BCUT2D eigenvalue weighted by Gasteiger charge is 2.13. The van der Waals surface area contributed by atoms with Gasteiger partial charge in [-0.05, 0) is 37.2 Å². The van der Waals surface area contributed by atoms with E-state index in [1.807, 2.05) is 0 Å². The molecule has 0 aliphatic rings. The monoisotopic (exact) mass is 257 g/mol. The van der Waals surface area contributed by atoms with E-state index in [0.717, 1.165) is 12.1 Å². The number of halogens is 2. The van der Waals surface area contributed by atoms with Crippen molar-refractivity contribution >= 4 is 5.97 Å². The molecule has 0 aliphatic heterocycles. The first-order chi connectivity index (χ1) is 8.40. The summed E-state index contributed by atoms with van der Waals surface area (Å²) in [7, 11) is 1.76. The lowest BCUT2D eigenvalue weighted by Gasteiger charge is -2.19. The van der Waals surface area contributed by atoms with Gasteiger partial charge >= 0.3 is 5.97 Å². The quantitative estimate of drug-likeness (QED) is 0.849. The van der Waals surface area contributed by atoms with Gasteiger partial charge in [0, 0.05) is 13.1 Å². The van der Waals surface area contributed by atoms with E-state index in [1.54, 1.807) is 18.9 Å². The summed E-state index contributed by atoms with van der Waals surface area (Å²) >= 11 is 0. The predicted octanol–water partition coefficient (Wildman–Crippen LogP) is 2.16. The summed E-state index contributed by atoms with van der Waals surface area (Å²) in [6.07, 6.45) is 0.354. The van der Waals surface area contributed by atoms with Gasteiger partial charge in [0.2, 0.25) is 0 Å². The molecule has 1 aromatic carbocycles. The molecule has 1 N–H and O–H groups in total. The van der Waals surface area contributed by atoms with Crippen molar-refractivity contribution < 1.29 is 18.7 Å². The summed E-state index contributed by atoms with van der Waals surface area (Å²) in [4.78, 5) is 12.5. The second-order valence-corrected chi connectivity index (χ2v) is 4.49. The molecule has 0 aromatic heterocycles. The Morgan fingerprint density at radius 1 is 1.44 bits per heavy atom. The first kappa shape index (κ1) is 14.6. The van der Waals surface area contributed by atoms with Crippen LogP contribution >= 0.6 is 0 Å². The van der Waals surface area contributed by atoms with E-state index < -0.39 is 23.5 Å². The van der Waals surface area contributed by atoms with Crippen LogP contribution in [0.3, 0.4) is 0 Å². The third-order valence-corrected chi connectivity index (χ3v) is 2.78. The lowest BCUT2D eigenvalue weighted by atomic mass is 10.1. The first-order valence-electron chi connectivity index (χ1n) is 5.75. The van der Waals surface area contributed by atoms with Crippen LogP contribution in [0.4, 0.5) is 8.78 Å². The molecule has 1 rings (SSSR count). The maximum Gasteiger partial charge on any atom is 0.307 e. The number of carboxylic acid groups (broad SMARTS) is 1. The minimum atomic E-state index is -0.862. The summed E-state index contributed by atoms with van der Waals surface area (Å²) in [5.41, 5.74) is 0.310. The third-order valence-electron chi connectivity index (χ3n) is 2.78. The normalized spacial score (nSPS) is 12.7. The fraction of sp³-hybridized carbons (Fsp3) is 0.462. The van der Waals surface area contributed by atoms with Crippen LogP contribution < -0.4 is 0 Å². The van der Waals surface area contributed by atoms with Gasteiger partial charge in [0.25, 0.3) is 0 Å². The topological polar surface area (TPSA) is 40.5 Å². The Morgan fingerprint density at radius 3 is 2.72 bits per heavy atom. The van der Waals surface area contributed by atoms with E-state index in [4.69, 9.17) is 5.11 Å². The van der Waals surface area contributed by atoms with Gasteiger partial charge in [0.15, 0.2) is 0 Å². The molecule has 1 unspecified atom stereocenters. The standard InChI is InChI=1S/C13H17F2NO2/c1-9(13(17)18)8-16(2)6-5-10-7-11(14)3-4-12(10)15/h3-4,7,9H,5-6,8H2,1-2H3,(H,17,18). The number of carboxylic acids is 1. The van der Waals surface area contributed by atoms with Crippen molar-refractivity contribution in [2.45, 2.75) is 13.3 Å². The van der Waals surface area contributed by atoms with E-state index in [1.165, 1.54) is 6.07 Å². The highest BCUT2D eigenvalue weighted by molar-refractivity contribution is 5.69. The summed E-state index contributed by atoms with van der Waals surface area (Å²) in [5.74, 6) is -2.24. The van der Waals surface area contributed by atoms with Gasteiger partial charge in [0.1, 0.15) is 11.6 Å². The Bertz CT molecular complexity index is 423.